The number of hydrogen-bond acceptors (Lipinski definition) is 4. The molecule has 0 bridgehead atoms. The fourth-order valence-corrected chi connectivity index (χ4v) is 4.19. The molecule has 2 aromatic carbocycles. The lowest BCUT2D eigenvalue weighted by atomic mass is 10.0. The third-order valence-electron chi connectivity index (χ3n) is 5.70. The van der Waals surface area contributed by atoms with Crippen LogP contribution in [0.15, 0.2) is 59.1 Å². The highest BCUT2D eigenvalue weighted by atomic mass is 35.5. The Morgan fingerprint density at radius 1 is 1.13 bits per heavy atom. The van der Waals surface area contributed by atoms with Crippen LogP contribution < -0.4 is 5.32 Å². The summed E-state index contributed by atoms with van der Waals surface area (Å²) in [6.07, 6.45) is 2.93. The minimum absolute atomic E-state index is 0.147. The lowest BCUT2D eigenvalue weighted by Gasteiger charge is -2.32. The van der Waals surface area contributed by atoms with E-state index in [1.54, 1.807) is 13.0 Å². The van der Waals surface area contributed by atoms with Crippen molar-refractivity contribution in [2.24, 2.45) is 0 Å². The van der Waals surface area contributed by atoms with Gasteiger partial charge < -0.3 is 14.7 Å². The number of aromatic nitrogens is 1. The summed E-state index contributed by atoms with van der Waals surface area (Å²) in [7, 11) is 0. The van der Waals surface area contributed by atoms with Crippen LogP contribution in [0.5, 0.6) is 0 Å². The molecule has 156 valence electrons. The van der Waals surface area contributed by atoms with Crippen molar-refractivity contribution in [2.45, 2.75) is 32.2 Å². The number of carbonyl (C=O) groups excluding carboxylic acids is 1. The van der Waals surface area contributed by atoms with Gasteiger partial charge in [-0.25, -0.2) is 0 Å². The molecule has 1 aliphatic heterocycles. The van der Waals surface area contributed by atoms with Crippen molar-refractivity contribution >= 4 is 17.5 Å². The molecule has 1 saturated heterocycles. The molecule has 1 aromatic heterocycles. The van der Waals surface area contributed by atoms with E-state index in [0.29, 0.717) is 27.6 Å². The second kappa shape index (κ2) is 9.45. The fraction of sp³-hybridized carbons (Fsp3) is 0.333. The number of piperidine rings is 1. The molecule has 30 heavy (non-hydrogen) atoms. The summed E-state index contributed by atoms with van der Waals surface area (Å²) >= 11 is 6.31. The minimum atomic E-state index is -0.147. The van der Waals surface area contributed by atoms with Crippen LogP contribution in [0.3, 0.4) is 0 Å². The predicted molar refractivity (Wildman–Crippen MR) is 119 cm³/mol. The van der Waals surface area contributed by atoms with Crippen molar-refractivity contribution in [2.75, 3.05) is 19.6 Å². The van der Waals surface area contributed by atoms with Crippen molar-refractivity contribution in [3.05, 3.63) is 76.5 Å². The van der Waals surface area contributed by atoms with E-state index >= 15 is 0 Å². The van der Waals surface area contributed by atoms with E-state index in [0.717, 1.165) is 38.9 Å². The number of hydrogen-bond donors (Lipinski definition) is 1. The number of likely N-dealkylation sites (tertiary alicyclic amines) is 1. The lowest BCUT2D eigenvalue weighted by Crippen LogP contribution is -2.45. The molecule has 0 radical (unpaired) electrons. The topological polar surface area (TPSA) is 58.4 Å². The first-order valence-corrected chi connectivity index (χ1v) is 10.8. The number of carbonyl (C=O) groups is 1. The van der Waals surface area contributed by atoms with E-state index in [1.165, 1.54) is 5.56 Å². The highest BCUT2D eigenvalue weighted by Crippen LogP contribution is 2.31. The molecule has 3 aromatic rings. The Labute approximate surface area is 182 Å². The van der Waals surface area contributed by atoms with Gasteiger partial charge in [0.05, 0.1) is 5.02 Å². The summed E-state index contributed by atoms with van der Waals surface area (Å²) in [5.74, 6) is 0.356. The molecule has 1 aliphatic rings. The van der Waals surface area contributed by atoms with Gasteiger partial charge in [0, 0.05) is 31.2 Å². The third kappa shape index (κ3) is 4.74. The van der Waals surface area contributed by atoms with Gasteiger partial charge in [0.15, 0.2) is 0 Å². The molecule has 1 fully saturated rings. The fourth-order valence-electron chi connectivity index (χ4n) is 3.97. The maximum absolute atomic E-state index is 13.0. The summed E-state index contributed by atoms with van der Waals surface area (Å²) in [5.41, 5.74) is 3.03. The summed E-state index contributed by atoms with van der Waals surface area (Å²) < 4.78 is 5.33. The van der Waals surface area contributed by atoms with Crippen molar-refractivity contribution in [1.29, 1.82) is 0 Å². The Balaban J connectivity index is 1.35. The average molecular weight is 424 g/mol. The first-order chi connectivity index (χ1) is 14.6. The third-order valence-corrected chi connectivity index (χ3v) is 6.03. The van der Waals surface area contributed by atoms with Crippen LogP contribution in [0.25, 0.3) is 11.3 Å². The molecule has 5 nitrogen and oxygen atoms in total. The molecule has 0 unspecified atom stereocenters. The maximum Gasteiger partial charge on any atom is 0.257 e. The molecule has 4 rings (SSSR count). The second-order valence-corrected chi connectivity index (χ2v) is 8.17. The van der Waals surface area contributed by atoms with E-state index in [2.05, 4.69) is 39.6 Å². The minimum Gasteiger partial charge on any atom is -0.360 e. The normalized spacial score (nSPS) is 15.3. The van der Waals surface area contributed by atoms with Gasteiger partial charge in [-0.15, -0.1) is 0 Å². The Morgan fingerprint density at radius 2 is 1.83 bits per heavy atom. The van der Waals surface area contributed by atoms with Crippen LogP contribution in [0.4, 0.5) is 0 Å². The van der Waals surface area contributed by atoms with E-state index in [1.807, 2.05) is 24.3 Å². The number of aryl methyl sites for hydroxylation is 1. The smallest absolute Gasteiger partial charge is 0.257 e. The molecule has 1 N–H and O–H groups in total. The summed E-state index contributed by atoms with van der Waals surface area (Å²) in [4.78, 5) is 15.5. The number of halogens is 1. The number of nitrogens with zero attached hydrogens (tertiary/aromatic N) is 2. The van der Waals surface area contributed by atoms with E-state index in [-0.39, 0.29) is 11.9 Å². The standard InChI is InChI=1S/C24H26ClN3O2/c1-17-22(23(27-30-17)20-9-5-6-10-21(20)25)24(29)26-19-12-15-28(16-13-19)14-11-18-7-3-2-4-8-18/h2-10,19H,11-16H2,1H3,(H,26,29). The van der Waals surface area contributed by atoms with Gasteiger partial charge in [-0.3, -0.25) is 4.79 Å². The van der Waals surface area contributed by atoms with Gasteiger partial charge >= 0.3 is 0 Å². The molecule has 0 saturated carbocycles. The van der Waals surface area contributed by atoms with Crippen LogP contribution in [-0.4, -0.2) is 41.6 Å². The number of amides is 1. The number of rotatable bonds is 6. The highest BCUT2D eigenvalue weighted by molar-refractivity contribution is 6.33. The number of benzene rings is 2. The summed E-state index contributed by atoms with van der Waals surface area (Å²) in [6, 6.07) is 18.1. The summed E-state index contributed by atoms with van der Waals surface area (Å²) in [5, 5.41) is 7.82. The maximum atomic E-state index is 13.0. The Bertz CT molecular complexity index is 995. The van der Waals surface area contributed by atoms with Gasteiger partial charge in [-0.2, -0.15) is 0 Å². The monoisotopic (exact) mass is 423 g/mol. The van der Waals surface area contributed by atoms with Crippen LogP contribution in [0, 0.1) is 6.92 Å². The van der Waals surface area contributed by atoms with Crippen molar-refractivity contribution < 1.29 is 9.32 Å². The van der Waals surface area contributed by atoms with Crippen LogP contribution >= 0.6 is 11.6 Å². The van der Waals surface area contributed by atoms with Crippen LogP contribution in [0.1, 0.15) is 34.5 Å². The molecule has 6 heteroatoms. The summed E-state index contributed by atoms with van der Waals surface area (Å²) in [6.45, 7) is 4.77. The predicted octanol–water partition coefficient (Wildman–Crippen LogP) is 4.74. The largest absolute Gasteiger partial charge is 0.360 e. The van der Waals surface area contributed by atoms with Gasteiger partial charge in [-0.05, 0) is 37.8 Å². The van der Waals surface area contributed by atoms with Gasteiger partial charge in [0.25, 0.3) is 5.91 Å². The van der Waals surface area contributed by atoms with Crippen molar-refractivity contribution in [3.8, 4) is 11.3 Å². The molecule has 0 aliphatic carbocycles. The van der Waals surface area contributed by atoms with E-state index in [4.69, 9.17) is 16.1 Å². The van der Waals surface area contributed by atoms with Crippen LogP contribution in [0.2, 0.25) is 5.02 Å². The molecule has 0 spiro atoms. The molecule has 0 atom stereocenters. The van der Waals surface area contributed by atoms with Crippen LogP contribution in [-0.2, 0) is 6.42 Å². The van der Waals surface area contributed by atoms with E-state index in [9.17, 15) is 4.79 Å². The van der Waals surface area contributed by atoms with E-state index < -0.39 is 0 Å². The average Bonchev–Trinajstić information content (AvgIpc) is 3.15. The zero-order valence-corrected chi connectivity index (χ0v) is 17.9. The zero-order valence-electron chi connectivity index (χ0n) is 17.1. The lowest BCUT2D eigenvalue weighted by molar-refractivity contribution is 0.0910. The first-order valence-electron chi connectivity index (χ1n) is 10.4. The zero-order chi connectivity index (χ0) is 20.9. The molecular formula is C24H26ClN3O2. The number of nitrogens with one attached hydrogen (secondary N) is 1. The van der Waals surface area contributed by atoms with Gasteiger partial charge in [-0.1, -0.05) is 65.3 Å². The van der Waals surface area contributed by atoms with Crippen molar-refractivity contribution in [3.63, 3.8) is 0 Å². The molecule has 1 amide bonds. The van der Waals surface area contributed by atoms with Crippen molar-refractivity contribution in [1.82, 2.24) is 15.4 Å². The van der Waals surface area contributed by atoms with Gasteiger partial charge in [0.1, 0.15) is 17.0 Å². The SMILES string of the molecule is Cc1onc(-c2ccccc2Cl)c1C(=O)NC1CCN(CCc2ccccc2)CC1. The second-order valence-electron chi connectivity index (χ2n) is 7.77. The Kier molecular flexibility index (Phi) is 6.50. The first kappa shape index (κ1) is 20.6. The molecule has 2 heterocycles. The Hall–Kier alpha value is -2.63. The highest BCUT2D eigenvalue weighted by Gasteiger charge is 2.26. The quantitative estimate of drug-likeness (QED) is 0.622. The molecular weight excluding hydrogens is 398 g/mol. The Morgan fingerprint density at radius 3 is 2.57 bits per heavy atom. The van der Waals surface area contributed by atoms with Gasteiger partial charge in [0.2, 0.25) is 0 Å².